The number of aromatic hydroxyl groups is 2. The second kappa shape index (κ2) is 29.4. The van der Waals surface area contributed by atoms with Crippen LogP contribution < -0.4 is 0 Å². The van der Waals surface area contributed by atoms with Gasteiger partial charge in [-0.05, 0) is 85.3 Å². The summed E-state index contributed by atoms with van der Waals surface area (Å²) < 4.78 is 1.38. The Bertz CT molecular complexity index is 1580. The Labute approximate surface area is 337 Å². The molecule has 0 saturated heterocycles. The summed E-state index contributed by atoms with van der Waals surface area (Å²) in [4.78, 5) is 0. The molecule has 5 heteroatoms. The standard InChI is InChI=1S/C37H54N2.2C6H6O.Ni/c1-3-5-7-9-11-12-13-14-15-17-19-23-33-25-21-27-35(31-33)37-29-28-36(39(37)38)34-26-20-24-32(30-34)22-18-16-10-8-6-4-2;2*7-6-4-2-1-3-5-6;/h20-21,24-31H,3-19,22-23H2,1-2H3;2*1-5,7H;. The van der Waals surface area contributed by atoms with E-state index < -0.39 is 0 Å². The minimum absolute atomic E-state index is 0. The third-order valence-electron chi connectivity index (χ3n) is 9.70. The molecule has 0 bridgehead atoms. The van der Waals surface area contributed by atoms with Gasteiger partial charge in [0, 0.05) is 39.8 Å². The van der Waals surface area contributed by atoms with E-state index >= 15 is 0 Å². The van der Waals surface area contributed by atoms with E-state index in [0.717, 1.165) is 35.4 Å². The van der Waals surface area contributed by atoms with Crippen LogP contribution in [0, 0.1) is 0 Å². The molecule has 54 heavy (non-hydrogen) atoms. The van der Waals surface area contributed by atoms with Gasteiger partial charge in [-0.2, -0.15) is 0 Å². The van der Waals surface area contributed by atoms with Gasteiger partial charge in [0.25, 0.3) is 0 Å². The van der Waals surface area contributed by atoms with E-state index in [9.17, 15) is 5.53 Å². The van der Waals surface area contributed by atoms with Crippen LogP contribution in [-0.2, 0) is 29.3 Å². The second-order valence-electron chi connectivity index (χ2n) is 14.3. The number of phenolic OH excluding ortho intramolecular Hbond substituents is 2. The molecule has 0 unspecified atom stereocenters. The van der Waals surface area contributed by atoms with Crippen LogP contribution in [0.2, 0.25) is 0 Å². The number of rotatable bonds is 21. The summed E-state index contributed by atoms with van der Waals surface area (Å²) in [6.07, 6.45) is 29.4. The van der Waals surface area contributed by atoms with Gasteiger partial charge in [0.05, 0.1) is 0 Å². The van der Waals surface area contributed by atoms with Crippen molar-refractivity contribution in [3.05, 3.63) is 149 Å². The van der Waals surface area contributed by atoms with Gasteiger partial charge in [-0.1, -0.05) is 171 Å². The molecule has 1 heterocycles. The number of para-hydroxylation sites is 2. The number of phenols is 2. The van der Waals surface area contributed by atoms with Crippen molar-refractivity contribution in [1.82, 2.24) is 0 Å². The van der Waals surface area contributed by atoms with E-state index in [4.69, 9.17) is 10.2 Å². The quantitative estimate of drug-likeness (QED) is 0.0503. The van der Waals surface area contributed by atoms with Gasteiger partial charge in [-0.3, -0.25) is 0 Å². The van der Waals surface area contributed by atoms with Gasteiger partial charge in [-0.15, -0.1) is 0 Å². The van der Waals surface area contributed by atoms with Gasteiger partial charge < -0.3 is 15.7 Å². The first-order valence-corrected chi connectivity index (χ1v) is 20.6. The number of hydrogen-bond acceptors (Lipinski definition) is 2. The van der Waals surface area contributed by atoms with Crippen LogP contribution in [-0.4, -0.2) is 14.9 Å². The number of nitrogens with zero attached hydrogens (tertiary/aromatic N) is 2. The van der Waals surface area contributed by atoms with Gasteiger partial charge in [0.1, 0.15) is 11.5 Å². The van der Waals surface area contributed by atoms with Gasteiger partial charge >= 0.3 is 0 Å². The molecule has 294 valence electrons. The average molecular weight is 774 g/mol. The number of benzene rings is 4. The maximum Gasteiger partial charge on any atom is 0.207 e. The van der Waals surface area contributed by atoms with Crippen molar-refractivity contribution in [3.8, 4) is 11.5 Å². The Morgan fingerprint density at radius 3 is 1.07 bits per heavy atom. The SMILES string of the molecule is CCCCCCCCCCCCCc1cccc(C2=CC=C(c3cccc(CCCCCCCC)c3)[N+]2=[N-])c1.Oc1ccccc1.Oc1ccccc1.[Ni]. The third-order valence-corrected chi connectivity index (χ3v) is 9.70. The van der Waals surface area contributed by atoms with Crippen LogP contribution in [0.25, 0.3) is 16.9 Å². The smallest absolute Gasteiger partial charge is 0.207 e. The minimum Gasteiger partial charge on any atom is -0.508 e. The topological polar surface area (TPSA) is 65.8 Å². The Hall–Kier alpha value is -3.95. The second-order valence-corrected chi connectivity index (χ2v) is 14.3. The maximum atomic E-state index is 11.1. The number of unbranched alkanes of at least 4 members (excludes halogenated alkanes) is 15. The van der Waals surface area contributed by atoms with E-state index in [0.29, 0.717) is 11.5 Å². The molecule has 4 aromatic rings. The average Bonchev–Trinajstić information content (AvgIpc) is 3.57. The molecule has 0 aliphatic carbocycles. The molecule has 0 amide bonds. The first-order valence-electron chi connectivity index (χ1n) is 20.6. The largest absolute Gasteiger partial charge is 0.508 e. The van der Waals surface area contributed by atoms with Crippen molar-refractivity contribution >= 4 is 11.4 Å². The Kier molecular flexibility index (Phi) is 25.2. The summed E-state index contributed by atoms with van der Waals surface area (Å²) in [6.45, 7) is 4.55. The normalized spacial score (nSPS) is 11.7. The minimum atomic E-state index is 0. The Balaban J connectivity index is 0.000000556. The Morgan fingerprint density at radius 2 is 0.759 bits per heavy atom. The molecule has 1 aliphatic rings. The van der Waals surface area contributed by atoms with Gasteiger partial charge in [0.2, 0.25) is 11.4 Å². The van der Waals surface area contributed by atoms with Crippen molar-refractivity contribution in [2.24, 2.45) is 0 Å². The summed E-state index contributed by atoms with van der Waals surface area (Å²) in [6, 6.07) is 34.9. The fraction of sp³-hybridized carbons (Fsp3) is 0.429. The van der Waals surface area contributed by atoms with Crippen LogP contribution in [0.15, 0.2) is 121 Å². The summed E-state index contributed by atoms with van der Waals surface area (Å²) in [5, 5.41) is 17.3. The van der Waals surface area contributed by atoms with Crippen LogP contribution in [0.1, 0.15) is 145 Å². The number of allylic oxidation sites excluding steroid dienone is 2. The van der Waals surface area contributed by atoms with Crippen LogP contribution in [0.4, 0.5) is 0 Å². The maximum absolute atomic E-state index is 11.1. The molecule has 1 aliphatic heterocycles. The van der Waals surface area contributed by atoms with E-state index in [1.165, 1.54) is 125 Å². The molecule has 0 aromatic heterocycles. The molecule has 4 nitrogen and oxygen atoms in total. The summed E-state index contributed by atoms with van der Waals surface area (Å²) >= 11 is 0. The molecule has 0 radical (unpaired) electrons. The van der Waals surface area contributed by atoms with Gasteiger partial charge in [0.15, 0.2) is 0 Å². The van der Waals surface area contributed by atoms with Crippen molar-refractivity contribution < 1.29 is 31.4 Å². The van der Waals surface area contributed by atoms with Crippen molar-refractivity contribution in [2.45, 2.75) is 136 Å². The van der Waals surface area contributed by atoms with Gasteiger partial charge in [-0.25, -0.2) is 4.70 Å². The number of hydrogen-bond donors (Lipinski definition) is 2. The molecule has 5 rings (SSSR count). The monoisotopic (exact) mass is 772 g/mol. The van der Waals surface area contributed by atoms with E-state index in [-0.39, 0.29) is 16.5 Å². The van der Waals surface area contributed by atoms with Crippen molar-refractivity contribution in [1.29, 1.82) is 0 Å². The van der Waals surface area contributed by atoms with E-state index in [1.54, 1.807) is 48.5 Å². The van der Waals surface area contributed by atoms with E-state index in [1.807, 2.05) is 12.1 Å². The summed E-state index contributed by atoms with van der Waals surface area (Å²) in [5.41, 5.74) is 17.7. The zero-order chi connectivity index (χ0) is 37.8. The third kappa shape index (κ3) is 19.4. The molecule has 0 atom stereocenters. The van der Waals surface area contributed by atoms with Crippen molar-refractivity contribution in [3.63, 3.8) is 0 Å². The number of aryl methyl sites for hydroxylation is 2. The van der Waals surface area contributed by atoms with E-state index in [2.05, 4.69) is 74.5 Å². The zero-order valence-corrected chi connectivity index (χ0v) is 34.1. The van der Waals surface area contributed by atoms with Crippen LogP contribution in [0.3, 0.4) is 0 Å². The summed E-state index contributed by atoms with van der Waals surface area (Å²) in [5.74, 6) is 0.644. The predicted molar refractivity (Wildman–Crippen MR) is 226 cm³/mol. The van der Waals surface area contributed by atoms with Crippen molar-refractivity contribution in [2.75, 3.05) is 0 Å². The Morgan fingerprint density at radius 1 is 0.426 bits per heavy atom. The zero-order valence-electron chi connectivity index (χ0n) is 33.1. The first kappa shape index (κ1) is 46.2. The molecular weight excluding hydrogens is 707 g/mol. The molecular formula is C49H66N2NiO2. The fourth-order valence-corrected chi connectivity index (χ4v) is 6.60. The van der Waals surface area contributed by atoms with Crippen LogP contribution >= 0.6 is 0 Å². The molecule has 0 saturated carbocycles. The fourth-order valence-electron chi connectivity index (χ4n) is 6.60. The predicted octanol–water partition coefficient (Wildman–Crippen LogP) is 14.7. The molecule has 2 N–H and O–H groups in total. The molecule has 4 aromatic carbocycles. The molecule has 0 fully saturated rings. The van der Waals surface area contributed by atoms with Crippen LogP contribution in [0.5, 0.6) is 11.5 Å². The first-order chi connectivity index (χ1) is 26.0. The summed E-state index contributed by atoms with van der Waals surface area (Å²) in [7, 11) is 0. The molecule has 0 spiro atoms.